The Kier molecular flexibility index (Phi) is 3.78. The van der Waals surface area contributed by atoms with E-state index in [4.69, 9.17) is 4.98 Å². The van der Waals surface area contributed by atoms with Gasteiger partial charge in [-0.2, -0.15) is 0 Å². The maximum atomic E-state index is 4.78. The van der Waals surface area contributed by atoms with Gasteiger partial charge < -0.3 is 0 Å². The maximum Gasteiger partial charge on any atom is 0.169 e. The molecule has 0 aliphatic carbocycles. The van der Waals surface area contributed by atoms with E-state index in [1.54, 1.807) is 11.3 Å². The van der Waals surface area contributed by atoms with E-state index in [9.17, 15) is 0 Å². The standard InChI is InChI=1S/C17H17N3S2/c1-12-4-5-14(22-12)11-20-7-6-15-13(10-20)9-18-17(19-15)16-3-2-8-21-16/h2-5,8-9H,6-7,10-11H2,1H3. The van der Waals surface area contributed by atoms with Crippen molar-refractivity contribution in [1.82, 2.24) is 14.9 Å². The van der Waals surface area contributed by atoms with E-state index in [1.807, 2.05) is 23.6 Å². The summed E-state index contributed by atoms with van der Waals surface area (Å²) >= 11 is 3.59. The van der Waals surface area contributed by atoms with E-state index in [0.717, 1.165) is 36.8 Å². The summed E-state index contributed by atoms with van der Waals surface area (Å²) in [4.78, 5) is 15.8. The highest BCUT2D eigenvalue weighted by molar-refractivity contribution is 7.13. The third-order valence-corrected chi connectivity index (χ3v) is 5.78. The summed E-state index contributed by atoms with van der Waals surface area (Å²) < 4.78 is 0. The summed E-state index contributed by atoms with van der Waals surface area (Å²) in [6.07, 6.45) is 3.03. The van der Waals surface area contributed by atoms with Gasteiger partial charge in [0.05, 0.1) is 10.6 Å². The number of rotatable bonds is 3. The Labute approximate surface area is 138 Å². The van der Waals surface area contributed by atoms with Crippen LogP contribution in [0.1, 0.15) is 21.0 Å². The van der Waals surface area contributed by atoms with Gasteiger partial charge in [-0.05, 0) is 30.5 Å². The van der Waals surface area contributed by atoms with Crippen LogP contribution in [0.15, 0.2) is 35.8 Å². The molecule has 0 amide bonds. The molecule has 1 aliphatic heterocycles. The monoisotopic (exact) mass is 327 g/mol. The third-order valence-electron chi connectivity index (χ3n) is 3.93. The fourth-order valence-corrected chi connectivity index (χ4v) is 4.42. The van der Waals surface area contributed by atoms with Crippen LogP contribution in [-0.2, 0) is 19.5 Å². The quantitative estimate of drug-likeness (QED) is 0.724. The zero-order valence-electron chi connectivity index (χ0n) is 12.5. The molecule has 5 heteroatoms. The predicted octanol–water partition coefficient (Wildman–Crippen LogP) is 4.13. The number of thiophene rings is 2. The van der Waals surface area contributed by atoms with Gasteiger partial charge in [-0.25, -0.2) is 9.97 Å². The Balaban J connectivity index is 1.52. The first kappa shape index (κ1) is 14.1. The lowest BCUT2D eigenvalue weighted by atomic mass is 10.1. The molecule has 0 aromatic carbocycles. The first-order chi connectivity index (χ1) is 10.8. The Bertz CT molecular complexity index is 777. The van der Waals surface area contributed by atoms with Crippen molar-refractivity contribution in [3.63, 3.8) is 0 Å². The molecule has 0 spiro atoms. The fraction of sp³-hybridized carbons (Fsp3) is 0.294. The van der Waals surface area contributed by atoms with Gasteiger partial charge in [-0.3, -0.25) is 4.90 Å². The van der Waals surface area contributed by atoms with Gasteiger partial charge in [0.2, 0.25) is 0 Å². The molecule has 4 rings (SSSR count). The highest BCUT2D eigenvalue weighted by atomic mass is 32.1. The maximum absolute atomic E-state index is 4.78. The fourth-order valence-electron chi connectivity index (χ4n) is 2.82. The van der Waals surface area contributed by atoms with Crippen molar-refractivity contribution in [1.29, 1.82) is 0 Å². The van der Waals surface area contributed by atoms with Gasteiger partial charge in [0, 0.05) is 47.6 Å². The number of aryl methyl sites for hydroxylation is 1. The van der Waals surface area contributed by atoms with Gasteiger partial charge in [0.1, 0.15) is 0 Å². The zero-order chi connectivity index (χ0) is 14.9. The first-order valence-corrected chi connectivity index (χ1v) is 9.14. The smallest absolute Gasteiger partial charge is 0.169 e. The Morgan fingerprint density at radius 3 is 3.00 bits per heavy atom. The molecule has 0 N–H and O–H groups in total. The molecule has 0 unspecified atom stereocenters. The lowest BCUT2D eigenvalue weighted by Crippen LogP contribution is -2.30. The molecule has 4 heterocycles. The van der Waals surface area contributed by atoms with Crippen LogP contribution in [0.25, 0.3) is 10.7 Å². The molecule has 3 nitrogen and oxygen atoms in total. The van der Waals surface area contributed by atoms with Crippen molar-refractivity contribution in [3.05, 3.63) is 56.9 Å². The summed E-state index contributed by atoms with van der Waals surface area (Å²) in [6.45, 7) is 5.23. The van der Waals surface area contributed by atoms with Crippen LogP contribution in [-0.4, -0.2) is 21.4 Å². The highest BCUT2D eigenvalue weighted by Crippen LogP contribution is 2.25. The van der Waals surface area contributed by atoms with Crippen LogP contribution in [0.4, 0.5) is 0 Å². The molecule has 0 atom stereocenters. The molecule has 3 aromatic rings. The summed E-state index contributed by atoms with van der Waals surface area (Å²) in [5.41, 5.74) is 2.50. The predicted molar refractivity (Wildman–Crippen MR) is 92.2 cm³/mol. The second-order valence-electron chi connectivity index (χ2n) is 5.62. The molecular formula is C17H17N3S2. The number of hydrogen-bond donors (Lipinski definition) is 0. The normalized spacial score (nSPS) is 15.0. The minimum Gasteiger partial charge on any atom is -0.293 e. The van der Waals surface area contributed by atoms with Crippen molar-refractivity contribution >= 4 is 22.7 Å². The minimum absolute atomic E-state index is 0.871. The zero-order valence-corrected chi connectivity index (χ0v) is 14.1. The molecular weight excluding hydrogens is 310 g/mol. The summed E-state index contributed by atoms with van der Waals surface area (Å²) in [6, 6.07) is 8.58. The molecule has 0 saturated carbocycles. The van der Waals surface area contributed by atoms with E-state index in [0.29, 0.717) is 0 Å². The van der Waals surface area contributed by atoms with Crippen LogP contribution >= 0.6 is 22.7 Å². The molecule has 1 aliphatic rings. The largest absolute Gasteiger partial charge is 0.293 e. The van der Waals surface area contributed by atoms with Crippen LogP contribution in [0.2, 0.25) is 0 Å². The average molecular weight is 327 g/mol. The average Bonchev–Trinajstić information content (AvgIpc) is 3.19. The first-order valence-electron chi connectivity index (χ1n) is 7.44. The van der Waals surface area contributed by atoms with Crippen molar-refractivity contribution in [3.8, 4) is 10.7 Å². The minimum atomic E-state index is 0.871. The van der Waals surface area contributed by atoms with Crippen LogP contribution in [0.5, 0.6) is 0 Å². The van der Waals surface area contributed by atoms with E-state index in [2.05, 4.69) is 40.4 Å². The van der Waals surface area contributed by atoms with Crippen molar-refractivity contribution in [2.24, 2.45) is 0 Å². The van der Waals surface area contributed by atoms with E-state index in [-0.39, 0.29) is 0 Å². The lowest BCUT2D eigenvalue weighted by molar-refractivity contribution is 0.245. The van der Waals surface area contributed by atoms with Gasteiger partial charge in [-0.15, -0.1) is 22.7 Å². The summed E-state index contributed by atoms with van der Waals surface area (Å²) in [5, 5.41) is 2.07. The van der Waals surface area contributed by atoms with Gasteiger partial charge >= 0.3 is 0 Å². The molecule has 0 bridgehead atoms. The molecule has 22 heavy (non-hydrogen) atoms. The van der Waals surface area contributed by atoms with Crippen LogP contribution in [0, 0.1) is 6.92 Å². The van der Waals surface area contributed by atoms with Crippen LogP contribution in [0.3, 0.4) is 0 Å². The van der Waals surface area contributed by atoms with Gasteiger partial charge in [-0.1, -0.05) is 6.07 Å². The van der Waals surface area contributed by atoms with Gasteiger partial charge in [0.25, 0.3) is 0 Å². The Morgan fingerprint density at radius 1 is 1.27 bits per heavy atom. The van der Waals surface area contributed by atoms with Crippen molar-refractivity contribution in [2.75, 3.05) is 6.54 Å². The summed E-state index contributed by atoms with van der Waals surface area (Å²) in [5.74, 6) is 0.871. The highest BCUT2D eigenvalue weighted by Gasteiger charge is 2.19. The molecule has 112 valence electrons. The molecule has 0 saturated heterocycles. The van der Waals surface area contributed by atoms with Crippen LogP contribution < -0.4 is 0 Å². The molecule has 3 aromatic heterocycles. The van der Waals surface area contributed by atoms with Crippen molar-refractivity contribution < 1.29 is 0 Å². The number of hydrogen-bond acceptors (Lipinski definition) is 5. The molecule has 0 radical (unpaired) electrons. The Hall–Kier alpha value is -1.56. The van der Waals surface area contributed by atoms with E-state index in [1.165, 1.54) is 21.0 Å². The van der Waals surface area contributed by atoms with Gasteiger partial charge in [0.15, 0.2) is 5.82 Å². The van der Waals surface area contributed by atoms with E-state index < -0.39 is 0 Å². The van der Waals surface area contributed by atoms with Crippen molar-refractivity contribution in [2.45, 2.75) is 26.4 Å². The Morgan fingerprint density at radius 2 is 2.23 bits per heavy atom. The lowest BCUT2D eigenvalue weighted by Gasteiger charge is -2.27. The summed E-state index contributed by atoms with van der Waals surface area (Å²) in [7, 11) is 0. The number of nitrogens with zero attached hydrogens (tertiary/aromatic N) is 3. The SMILES string of the molecule is Cc1ccc(CN2CCc3nc(-c4cccs4)ncc3C2)s1. The van der Waals surface area contributed by atoms with E-state index >= 15 is 0 Å². The number of fused-ring (bicyclic) bond motifs is 1. The number of aromatic nitrogens is 2. The third kappa shape index (κ3) is 2.84. The second-order valence-corrected chi connectivity index (χ2v) is 7.94. The molecule has 0 fully saturated rings. The second kappa shape index (κ2) is 5.91. The topological polar surface area (TPSA) is 29.0 Å².